The Balaban J connectivity index is 2.06. The van der Waals surface area contributed by atoms with Crippen LogP contribution in [0.5, 0.6) is 0 Å². The van der Waals surface area contributed by atoms with Gasteiger partial charge in [0.2, 0.25) is 0 Å². The molecular formula is C13H16FN3S. The second kappa shape index (κ2) is 5.93. The first kappa shape index (κ1) is 13.0. The van der Waals surface area contributed by atoms with E-state index in [-0.39, 0.29) is 5.82 Å². The average Bonchev–Trinajstić information content (AvgIpc) is 2.88. The molecule has 96 valence electrons. The minimum Gasteiger partial charge on any atom is -0.359 e. The van der Waals surface area contributed by atoms with Crippen molar-refractivity contribution in [2.75, 3.05) is 18.5 Å². The highest BCUT2D eigenvalue weighted by atomic mass is 32.1. The van der Waals surface area contributed by atoms with E-state index in [1.807, 2.05) is 18.0 Å². The molecule has 0 aliphatic carbocycles. The van der Waals surface area contributed by atoms with Crippen LogP contribution in [0.15, 0.2) is 29.8 Å². The molecule has 18 heavy (non-hydrogen) atoms. The first-order chi connectivity index (χ1) is 8.70. The normalized spacial score (nSPS) is 10.6. The number of pyridine rings is 1. The van der Waals surface area contributed by atoms with E-state index in [0.717, 1.165) is 24.3 Å². The number of anilines is 1. The summed E-state index contributed by atoms with van der Waals surface area (Å²) in [6.45, 7) is 1.13. The van der Waals surface area contributed by atoms with Gasteiger partial charge in [-0.1, -0.05) is 6.07 Å². The third-order valence-electron chi connectivity index (χ3n) is 2.76. The Morgan fingerprint density at radius 3 is 3.00 bits per heavy atom. The van der Waals surface area contributed by atoms with Crippen LogP contribution in [0.2, 0.25) is 0 Å². The van der Waals surface area contributed by atoms with E-state index in [9.17, 15) is 4.39 Å². The van der Waals surface area contributed by atoms with Crippen molar-refractivity contribution in [1.82, 2.24) is 4.98 Å². The number of aromatic nitrogens is 1. The maximum absolute atomic E-state index is 13.1. The Kier molecular flexibility index (Phi) is 4.28. The smallest absolute Gasteiger partial charge is 0.141 e. The Labute approximate surface area is 110 Å². The van der Waals surface area contributed by atoms with E-state index in [0.29, 0.717) is 6.54 Å². The van der Waals surface area contributed by atoms with Crippen LogP contribution < -0.4 is 10.6 Å². The Hall–Kier alpha value is -1.46. The summed E-state index contributed by atoms with van der Waals surface area (Å²) in [5.74, 6) is 0.418. The van der Waals surface area contributed by atoms with Gasteiger partial charge in [-0.25, -0.2) is 9.37 Å². The fourth-order valence-corrected chi connectivity index (χ4v) is 2.50. The molecule has 0 unspecified atom stereocenters. The maximum Gasteiger partial charge on any atom is 0.141 e. The van der Waals surface area contributed by atoms with Crippen molar-refractivity contribution in [2.24, 2.45) is 5.73 Å². The fourth-order valence-electron chi connectivity index (χ4n) is 1.81. The predicted molar refractivity (Wildman–Crippen MR) is 73.4 cm³/mol. The minimum atomic E-state index is -0.342. The van der Waals surface area contributed by atoms with Crippen LogP contribution in [0.4, 0.5) is 10.2 Å². The quantitative estimate of drug-likeness (QED) is 0.902. The highest BCUT2D eigenvalue weighted by molar-refractivity contribution is 7.09. The number of hydrogen-bond donors (Lipinski definition) is 1. The molecule has 0 aliphatic rings. The van der Waals surface area contributed by atoms with Crippen LogP contribution >= 0.6 is 11.3 Å². The van der Waals surface area contributed by atoms with Crippen molar-refractivity contribution in [2.45, 2.75) is 13.0 Å². The molecule has 2 aromatic heterocycles. The van der Waals surface area contributed by atoms with Crippen LogP contribution in [0, 0.1) is 5.82 Å². The first-order valence-electron chi connectivity index (χ1n) is 5.78. The highest BCUT2D eigenvalue weighted by Crippen LogP contribution is 2.18. The molecule has 2 N–H and O–H groups in total. The van der Waals surface area contributed by atoms with Gasteiger partial charge >= 0.3 is 0 Å². The molecule has 2 heterocycles. The van der Waals surface area contributed by atoms with E-state index < -0.39 is 0 Å². The summed E-state index contributed by atoms with van der Waals surface area (Å²) < 4.78 is 13.1. The number of rotatable bonds is 5. The summed E-state index contributed by atoms with van der Waals surface area (Å²) in [6, 6.07) is 5.60. The van der Waals surface area contributed by atoms with Crippen molar-refractivity contribution < 1.29 is 4.39 Å². The summed E-state index contributed by atoms with van der Waals surface area (Å²) in [7, 11) is 1.95. The van der Waals surface area contributed by atoms with Gasteiger partial charge in [-0.05, 0) is 23.9 Å². The molecule has 0 bridgehead atoms. The second-order valence-corrected chi connectivity index (χ2v) is 5.12. The topological polar surface area (TPSA) is 42.2 Å². The van der Waals surface area contributed by atoms with Crippen LogP contribution in [-0.4, -0.2) is 18.6 Å². The van der Waals surface area contributed by atoms with Gasteiger partial charge in [-0.3, -0.25) is 0 Å². The lowest BCUT2D eigenvalue weighted by molar-refractivity contribution is 0.617. The summed E-state index contributed by atoms with van der Waals surface area (Å²) in [5, 5.41) is 2.07. The largest absolute Gasteiger partial charge is 0.359 e. The second-order valence-electron chi connectivity index (χ2n) is 4.09. The lowest BCUT2D eigenvalue weighted by Gasteiger charge is -2.20. The minimum absolute atomic E-state index is 0.295. The zero-order valence-corrected chi connectivity index (χ0v) is 11.1. The lowest BCUT2D eigenvalue weighted by atomic mass is 10.2. The van der Waals surface area contributed by atoms with Crippen LogP contribution in [-0.2, 0) is 13.0 Å². The van der Waals surface area contributed by atoms with Crippen molar-refractivity contribution in [3.05, 3.63) is 46.0 Å². The molecule has 2 aromatic rings. The number of halogens is 1. The summed E-state index contributed by atoms with van der Waals surface area (Å²) >= 11 is 1.74. The van der Waals surface area contributed by atoms with Crippen molar-refractivity contribution in [3.8, 4) is 0 Å². The molecule has 0 spiro atoms. The van der Waals surface area contributed by atoms with Crippen molar-refractivity contribution >= 4 is 17.2 Å². The van der Waals surface area contributed by atoms with Gasteiger partial charge in [-0.2, -0.15) is 0 Å². The van der Waals surface area contributed by atoms with E-state index in [1.165, 1.54) is 17.1 Å². The Bertz CT molecular complexity index is 499. The molecular weight excluding hydrogens is 249 g/mol. The molecule has 0 radical (unpaired) electrons. The Morgan fingerprint density at radius 1 is 1.50 bits per heavy atom. The number of nitrogens with two attached hydrogens (primary N) is 1. The summed E-state index contributed by atoms with van der Waals surface area (Å²) in [5.41, 5.74) is 6.36. The van der Waals surface area contributed by atoms with Gasteiger partial charge < -0.3 is 10.6 Å². The molecule has 2 rings (SSSR count). The third-order valence-corrected chi connectivity index (χ3v) is 3.70. The molecule has 0 saturated heterocycles. The molecule has 0 fully saturated rings. The zero-order valence-electron chi connectivity index (χ0n) is 10.3. The average molecular weight is 265 g/mol. The van der Waals surface area contributed by atoms with Gasteiger partial charge in [0.25, 0.3) is 0 Å². The number of likely N-dealkylation sites (N-methyl/N-ethyl adjacent to an activating group) is 1. The monoisotopic (exact) mass is 265 g/mol. The van der Waals surface area contributed by atoms with Crippen LogP contribution in [0.25, 0.3) is 0 Å². The third kappa shape index (κ3) is 3.05. The summed E-state index contributed by atoms with van der Waals surface area (Å²) in [4.78, 5) is 7.47. The van der Waals surface area contributed by atoms with E-state index >= 15 is 0 Å². The fraction of sp³-hybridized carbons (Fsp3) is 0.308. The van der Waals surface area contributed by atoms with Gasteiger partial charge in [0.05, 0.1) is 6.20 Å². The molecule has 3 nitrogen and oxygen atoms in total. The standard InChI is InChI=1S/C13H16FN3S/c1-17(5-4-12-3-2-6-18-12)13-10(8-15)7-11(14)9-16-13/h2-3,6-7,9H,4-5,8,15H2,1H3. The van der Waals surface area contributed by atoms with E-state index in [1.54, 1.807) is 11.3 Å². The molecule has 0 saturated carbocycles. The number of thiophene rings is 1. The van der Waals surface area contributed by atoms with Gasteiger partial charge in [0.15, 0.2) is 0 Å². The van der Waals surface area contributed by atoms with Gasteiger partial charge in [0, 0.05) is 30.6 Å². The number of hydrogen-bond acceptors (Lipinski definition) is 4. The zero-order chi connectivity index (χ0) is 13.0. The number of nitrogens with zero attached hydrogens (tertiary/aromatic N) is 2. The van der Waals surface area contributed by atoms with E-state index in [2.05, 4.69) is 16.4 Å². The lowest BCUT2D eigenvalue weighted by Crippen LogP contribution is -2.23. The van der Waals surface area contributed by atoms with Crippen molar-refractivity contribution in [1.29, 1.82) is 0 Å². The molecule has 0 atom stereocenters. The van der Waals surface area contributed by atoms with Crippen LogP contribution in [0.3, 0.4) is 0 Å². The molecule has 5 heteroatoms. The summed E-state index contributed by atoms with van der Waals surface area (Å²) in [6.07, 6.45) is 2.19. The molecule has 0 aromatic carbocycles. The van der Waals surface area contributed by atoms with Crippen molar-refractivity contribution in [3.63, 3.8) is 0 Å². The SMILES string of the molecule is CN(CCc1cccs1)c1ncc(F)cc1CN. The van der Waals surface area contributed by atoms with Crippen LogP contribution in [0.1, 0.15) is 10.4 Å². The predicted octanol–water partition coefficient (Wildman–Crippen LogP) is 2.42. The Morgan fingerprint density at radius 2 is 2.33 bits per heavy atom. The van der Waals surface area contributed by atoms with E-state index in [4.69, 9.17) is 5.73 Å². The first-order valence-corrected chi connectivity index (χ1v) is 6.66. The highest BCUT2D eigenvalue weighted by Gasteiger charge is 2.09. The van der Waals surface area contributed by atoms with Gasteiger partial charge in [-0.15, -0.1) is 11.3 Å². The molecule has 0 amide bonds. The maximum atomic E-state index is 13.1. The van der Waals surface area contributed by atoms with Gasteiger partial charge in [0.1, 0.15) is 11.6 Å². The molecule has 0 aliphatic heterocycles.